The Kier molecular flexibility index (Phi) is 7.50. The van der Waals surface area contributed by atoms with E-state index in [2.05, 4.69) is 5.32 Å². The topological polar surface area (TPSA) is 72.8 Å². The molecule has 136 valence electrons. The molecule has 1 aromatic rings. The third-order valence-corrected chi connectivity index (χ3v) is 3.42. The number of aliphatic hydroxyl groups excluding tert-OH is 2. The van der Waals surface area contributed by atoms with Gasteiger partial charge in [0.2, 0.25) is 0 Å². The molecule has 0 saturated carbocycles. The van der Waals surface area contributed by atoms with Crippen molar-refractivity contribution in [3.63, 3.8) is 0 Å². The zero-order chi connectivity index (χ0) is 18.3. The molecular formula is C16H23F3N2O3. The highest BCUT2D eigenvalue weighted by molar-refractivity contribution is 5.89. The van der Waals surface area contributed by atoms with E-state index in [1.54, 1.807) is 12.1 Å². The summed E-state index contributed by atoms with van der Waals surface area (Å²) in [5, 5.41) is 20.8. The molecule has 0 bridgehead atoms. The molecule has 24 heavy (non-hydrogen) atoms. The molecule has 3 N–H and O–H groups in total. The Morgan fingerprint density at radius 2 is 1.83 bits per heavy atom. The minimum absolute atomic E-state index is 0.317. The highest BCUT2D eigenvalue weighted by Gasteiger charge is 2.29. The lowest BCUT2D eigenvalue weighted by Gasteiger charge is -2.25. The van der Waals surface area contributed by atoms with E-state index in [-0.39, 0.29) is 6.54 Å². The van der Waals surface area contributed by atoms with Crippen LogP contribution < -0.4 is 5.32 Å². The van der Waals surface area contributed by atoms with Crippen LogP contribution in [0, 0.1) is 0 Å². The monoisotopic (exact) mass is 348 g/mol. The van der Waals surface area contributed by atoms with Crippen molar-refractivity contribution >= 4 is 11.7 Å². The maximum Gasteiger partial charge on any atom is 0.390 e. The number of benzene rings is 1. The highest BCUT2D eigenvalue weighted by atomic mass is 19.4. The number of anilines is 1. The summed E-state index contributed by atoms with van der Waals surface area (Å²) < 4.78 is 37.1. The standard InChI is InChI=1S/C16H23F3N2O3/c1-11(2)12-3-5-13(6-4-12)20-15(24)21(9-14(23)10-22)8-7-16(17,18)19/h3-6,11,14,22-23H,7-10H2,1-2H3,(H,20,24)/t14-/m0/s1. The third-order valence-electron chi connectivity index (χ3n) is 3.42. The van der Waals surface area contributed by atoms with Crippen molar-refractivity contribution in [1.82, 2.24) is 4.90 Å². The van der Waals surface area contributed by atoms with Gasteiger partial charge >= 0.3 is 12.2 Å². The van der Waals surface area contributed by atoms with Gasteiger partial charge in [-0.25, -0.2) is 4.79 Å². The number of rotatable bonds is 7. The lowest BCUT2D eigenvalue weighted by Crippen LogP contribution is -2.42. The zero-order valence-electron chi connectivity index (χ0n) is 13.7. The number of aliphatic hydroxyl groups is 2. The smallest absolute Gasteiger partial charge is 0.390 e. The summed E-state index contributed by atoms with van der Waals surface area (Å²) in [7, 11) is 0. The Bertz CT molecular complexity index is 518. The molecule has 0 aliphatic rings. The number of urea groups is 1. The summed E-state index contributed by atoms with van der Waals surface area (Å²) >= 11 is 0. The molecule has 0 unspecified atom stereocenters. The van der Waals surface area contributed by atoms with Gasteiger partial charge in [0.05, 0.1) is 25.7 Å². The summed E-state index contributed by atoms with van der Waals surface area (Å²) in [5.41, 5.74) is 1.51. The molecule has 0 aliphatic heterocycles. The van der Waals surface area contributed by atoms with Gasteiger partial charge in [0.15, 0.2) is 0 Å². The zero-order valence-corrected chi connectivity index (χ0v) is 13.7. The van der Waals surface area contributed by atoms with E-state index in [9.17, 15) is 23.1 Å². The largest absolute Gasteiger partial charge is 0.394 e. The third kappa shape index (κ3) is 7.18. The molecule has 1 atom stereocenters. The summed E-state index contributed by atoms with van der Waals surface area (Å²) in [4.78, 5) is 13.0. The highest BCUT2D eigenvalue weighted by Crippen LogP contribution is 2.21. The molecule has 0 spiro atoms. The van der Waals surface area contributed by atoms with Gasteiger partial charge in [-0.1, -0.05) is 26.0 Å². The van der Waals surface area contributed by atoms with Crippen LogP contribution in [0.15, 0.2) is 24.3 Å². The van der Waals surface area contributed by atoms with Crippen LogP contribution in [0.25, 0.3) is 0 Å². The van der Waals surface area contributed by atoms with Gasteiger partial charge in [-0.3, -0.25) is 0 Å². The number of amides is 2. The van der Waals surface area contributed by atoms with Crippen LogP contribution in [-0.2, 0) is 0 Å². The lowest BCUT2D eigenvalue weighted by molar-refractivity contribution is -0.137. The molecule has 1 rings (SSSR count). The van der Waals surface area contributed by atoms with Crippen LogP contribution in [-0.4, -0.2) is 53.1 Å². The maximum absolute atomic E-state index is 12.4. The number of nitrogens with zero attached hydrogens (tertiary/aromatic N) is 1. The van der Waals surface area contributed by atoms with Crippen molar-refractivity contribution in [3.05, 3.63) is 29.8 Å². The van der Waals surface area contributed by atoms with Crippen LogP contribution in [0.3, 0.4) is 0 Å². The molecular weight excluding hydrogens is 325 g/mol. The van der Waals surface area contributed by atoms with Crippen LogP contribution in [0.1, 0.15) is 31.7 Å². The van der Waals surface area contributed by atoms with Gasteiger partial charge in [0.1, 0.15) is 0 Å². The number of hydrogen-bond donors (Lipinski definition) is 3. The molecule has 8 heteroatoms. The van der Waals surface area contributed by atoms with E-state index < -0.39 is 37.9 Å². The Morgan fingerprint density at radius 1 is 1.25 bits per heavy atom. The summed E-state index contributed by atoms with van der Waals surface area (Å²) in [6.07, 6.45) is -6.90. The minimum Gasteiger partial charge on any atom is -0.394 e. The number of carbonyl (C=O) groups excluding carboxylic acids is 1. The van der Waals surface area contributed by atoms with E-state index in [4.69, 9.17) is 5.11 Å². The normalized spacial score (nSPS) is 13.0. The number of nitrogens with one attached hydrogen (secondary N) is 1. The second-order valence-electron chi connectivity index (χ2n) is 5.85. The van der Waals surface area contributed by atoms with E-state index in [1.165, 1.54) is 0 Å². The van der Waals surface area contributed by atoms with Crippen molar-refractivity contribution in [2.75, 3.05) is 25.0 Å². The fourth-order valence-electron chi connectivity index (χ4n) is 2.00. The average molecular weight is 348 g/mol. The fourth-order valence-corrected chi connectivity index (χ4v) is 2.00. The molecule has 1 aromatic carbocycles. The Labute approximate surface area is 139 Å². The van der Waals surface area contributed by atoms with Crippen molar-refractivity contribution in [2.45, 2.75) is 38.5 Å². The van der Waals surface area contributed by atoms with Crippen LogP contribution in [0.4, 0.5) is 23.7 Å². The predicted octanol–water partition coefficient (Wildman–Crippen LogP) is 2.95. The molecule has 0 fully saturated rings. The molecule has 0 saturated heterocycles. The summed E-state index contributed by atoms with van der Waals surface area (Å²) in [6.45, 7) is 2.41. The fraction of sp³-hybridized carbons (Fsp3) is 0.562. The Balaban J connectivity index is 2.74. The van der Waals surface area contributed by atoms with Crippen LogP contribution in [0.5, 0.6) is 0 Å². The average Bonchev–Trinajstić information content (AvgIpc) is 2.50. The predicted molar refractivity (Wildman–Crippen MR) is 84.9 cm³/mol. The number of hydrogen-bond acceptors (Lipinski definition) is 3. The first-order valence-electron chi connectivity index (χ1n) is 7.64. The molecule has 0 heterocycles. The first kappa shape index (κ1) is 20.2. The molecule has 2 amide bonds. The van der Waals surface area contributed by atoms with Gasteiger partial charge in [-0.05, 0) is 23.6 Å². The summed E-state index contributed by atoms with van der Waals surface area (Å²) in [5.74, 6) is 0.317. The van der Waals surface area contributed by atoms with Gasteiger partial charge in [-0.2, -0.15) is 13.2 Å². The van der Waals surface area contributed by atoms with E-state index in [1.807, 2.05) is 26.0 Å². The lowest BCUT2D eigenvalue weighted by atomic mass is 10.0. The van der Waals surface area contributed by atoms with Gasteiger partial charge in [-0.15, -0.1) is 0 Å². The number of alkyl halides is 3. The molecule has 0 aromatic heterocycles. The first-order valence-corrected chi connectivity index (χ1v) is 7.64. The van der Waals surface area contributed by atoms with Gasteiger partial charge in [0, 0.05) is 12.2 Å². The van der Waals surface area contributed by atoms with Gasteiger partial charge in [0.25, 0.3) is 0 Å². The SMILES string of the molecule is CC(C)c1ccc(NC(=O)N(CCC(F)(F)F)C[C@H](O)CO)cc1. The van der Waals surface area contributed by atoms with Crippen LogP contribution in [0.2, 0.25) is 0 Å². The maximum atomic E-state index is 12.4. The van der Waals surface area contributed by atoms with Crippen LogP contribution >= 0.6 is 0 Å². The van der Waals surface area contributed by atoms with Crippen molar-refractivity contribution in [2.24, 2.45) is 0 Å². The van der Waals surface area contributed by atoms with Crippen molar-refractivity contribution in [1.29, 1.82) is 0 Å². The second kappa shape index (κ2) is 8.89. The van der Waals surface area contributed by atoms with Crippen molar-refractivity contribution < 1.29 is 28.2 Å². The Hall–Kier alpha value is -1.80. The van der Waals surface area contributed by atoms with E-state index >= 15 is 0 Å². The second-order valence-corrected chi connectivity index (χ2v) is 5.85. The molecule has 5 nitrogen and oxygen atoms in total. The number of halogens is 3. The molecule has 0 radical (unpaired) electrons. The molecule has 0 aliphatic carbocycles. The van der Waals surface area contributed by atoms with E-state index in [0.717, 1.165) is 10.5 Å². The van der Waals surface area contributed by atoms with Crippen molar-refractivity contribution in [3.8, 4) is 0 Å². The van der Waals surface area contributed by atoms with Gasteiger partial charge < -0.3 is 20.4 Å². The summed E-state index contributed by atoms with van der Waals surface area (Å²) in [6, 6.07) is 6.21. The number of carbonyl (C=O) groups is 1. The Morgan fingerprint density at radius 3 is 2.29 bits per heavy atom. The quantitative estimate of drug-likeness (QED) is 0.709. The van der Waals surface area contributed by atoms with E-state index in [0.29, 0.717) is 11.6 Å². The first-order chi connectivity index (χ1) is 11.1. The minimum atomic E-state index is -4.42.